The molecule has 3 amide bonds. The van der Waals surface area contributed by atoms with E-state index in [-0.39, 0.29) is 5.76 Å². The maximum atomic E-state index is 11.9. The number of fused-ring (bicyclic) bond motifs is 1. The Morgan fingerprint density at radius 1 is 1.15 bits per heavy atom. The molecule has 1 aromatic heterocycles. The lowest BCUT2D eigenvalue weighted by atomic mass is 10.2. The number of furan rings is 1. The van der Waals surface area contributed by atoms with Gasteiger partial charge in [0.25, 0.3) is 5.91 Å². The molecule has 2 aromatic rings. The van der Waals surface area contributed by atoms with Crippen molar-refractivity contribution < 1.29 is 18.8 Å². The van der Waals surface area contributed by atoms with Gasteiger partial charge in [0.1, 0.15) is 5.58 Å². The van der Waals surface area contributed by atoms with Crippen molar-refractivity contribution in [1.29, 1.82) is 0 Å². The Hall–Kier alpha value is -2.54. The largest absolute Gasteiger partial charge is 0.451 e. The molecule has 0 unspecified atom stereocenters. The third-order valence-electron chi connectivity index (χ3n) is 2.55. The summed E-state index contributed by atoms with van der Waals surface area (Å²) < 4.78 is 5.27. The van der Waals surface area contributed by atoms with Crippen molar-refractivity contribution in [2.24, 2.45) is 11.5 Å². The van der Waals surface area contributed by atoms with E-state index < -0.39 is 23.8 Å². The van der Waals surface area contributed by atoms with Crippen LogP contribution in [-0.2, 0) is 9.59 Å². The van der Waals surface area contributed by atoms with E-state index in [9.17, 15) is 14.4 Å². The number of carbonyl (C=O) groups is 3. The fourth-order valence-electron chi connectivity index (χ4n) is 1.61. The van der Waals surface area contributed by atoms with Crippen molar-refractivity contribution in [3.63, 3.8) is 0 Å². The first-order valence-corrected chi connectivity index (χ1v) is 5.85. The molecule has 0 aliphatic heterocycles. The molecule has 7 nitrogen and oxygen atoms in total. The molecule has 0 saturated heterocycles. The molecule has 2 rings (SSSR count). The van der Waals surface area contributed by atoms with Gasteiger partial charge in [-0.05, 0) is 24.3 Å². The van der Waals surface area contributed by atoms with E-state index in [0.717, 1.165) is 0 Å². The molecule has 104 valence electrons. The summed E-state index contributed by atoms with van der Waals surface area (Å²) in [6, 6.07) is 4.63. The summed E-state index contributed by atoms with van der Waals surface area (Å²) in [4.78, 5) is 33.8. The Morgan fingerprint density at radius 3 is 2.40 bits per heavy atom. The van der Waals surface area contributed by atoms with Gasteiger partial charge in [0.05, 0.1) is 0 Å². The summed E-state index contributed by atoms with van der Waals surface area (Å²) >= 11 is 5.81. The molecular formula is C12H10ClN3O4. The Kier molecular flexibility index (Phi) is 3.62. The fourth-order valence-corrected chi connectivity index (χ4v) is 1.79. The van der Waals surface area contributed by atoms with Crippen LogP contribution in [0.25, 0.3) is 11.0 Å². The van der Waals surface area contributed by atoms with Crippen LogP contribution in [0.5, 0.6) is 0 Å². The Bertz CT molecular complexity index is 696. The van der Waals surface area contributed by atoms with E-state index in [4.69, 9.17) is 27.5 Å². The van der Waals surface area contributed by atoms with Crippen molar-refractivity contribution in [2.75, 3.05) is 0 Å². The number of hydrogen-bond donors (Lipinski definition) is 3. The summed E-state index contributed by atoms with van der Waals surface area (Å²) in [5.41, 5.74) is 10.4. The molecule has 1 aromatic carbocycles. The summed E-state index contributed by atoms with van der Waals surface area (Å²) in [7, 11) is 0. The lowest BCUT2D eigenvalue weighted by molar-refractivity contribution is -0.128. The van der Waals surface area contributed by atoms with Gasteiger partial charge in [-0.3, -0.25) is 14.4 Å². The van der Waals surface area contributed by atoms with E-state index in [0.29, 0.717) is 16.0 Å². The maximum absolute atomic E-state index is 11.9. The van der Waals surface area contributed by atoms with E-state index in [1.54, 1.807) is 18.2 Å². The van der Waals surface area contributed by atoms with E-state index in [2.05, 4.69) is 5.32 Å². The first kappa shape index (κ1) is 13.9. The Balaban J connectivity index is 2.27. The molecule has 0 spiro atoms. The van der Waals surface area contributed by atoms with Gasteiger partial charge in [-0.2, -0.15) is 0 Å². The van der Waals surface area contributed by atoms with Gasteiger partial charge in [-0.1, -0.05) is 11.6 Å². The molecule has 0 aliphatic carbocycles. The second kappa shape index (κ2) is 5.22. The number of nitrogens with two attached hydrogens (primary N) is 2. The number of hydrogen-bond acceptors (Lipinski definition) is 4. The number of carbonyl (C=O) groups excluding carboxylic acids is 3. The van der Waals surface area contributed by atoms with Crippen molar-refractivity contribution >= 4 is 40.3 Å². The highest BCUT2D eigenvalue weighted by Crippen LogP contribution is 2.22. The molecular weight excluding hydrogens is 286 g/mol. The molecule has 20 heavy (non-hydrogen) atoms. The molecule has 1 heterocycles. The van der Waals surface area contributed by atoms with Crippen molar-refractivity contribution in [3.05, 3.63) is 35.0 Å². The first-order chi connectivity index (χ1) is 9.38. The van der Waals surface area contributed by atoms with Gasteiger partial charge in [-0.15, -0.1) is 0 Å². The Morgan fingerprint density at radius 2 is 1.80 bits per heavy atom. The van der Waals surface area contributed by atoms with Gasteiger partial charge in [0, 0.05) is 10.4 Å². The standard InChI is InChI=1S/C12H10ClN3O4/c13-6-1-2-7-5(3-6)4-8(20-7)12(19)16-9(10(14)17)11(15)18/h1-4,9H,(H2,14,17)(H2,15,18)(H,16,19). The normalized spacial score (nSPS) is 10.7. The van der Waals surface area contributed by atoms with Gasteiger partial charge in [0.2, 0.25) is 11.8 Å². The lowest BCUT2D eigenvalue weighted by Crippen LogP contribution is -2.52. The van der Waals surface area contributed by atoms with Crippen LogP contribution in [0.4, 0.5) is 0 Å². The molecule has 0 atom stereocenters. The van der Waals surface area contributed by atoms with Gasteiger partial charge in [0.15, 0.2) is 11.8 Å². The van der Waals surface area contributed by atoms with Crippen molar-refractivity contribution in [2.45, 2.75) is 6.04 Å². The molecule has 5 N–H and O–H groups in total. The quantitative estimate of drug-likeness (QED) is 0.694. The van der Waals surface area contributed by atoms with Crippen LogP contribution >= 0.6 is 11.6 Å². The molecule has 0 saturated carbocycles. The zero-order chi connectivity index (χ0) is 14.9. The zero-order valence-electron chi connectivity index (χ0n) is 10.1. The predicted molar refractivity (Wildman–Crippen MR) is 70.9 cm³/mol. The average molecular weight is 296 g/mol. The highest BCUT2D eigenvalue weighted by Gasteiger charge is 2.25. The lowest BCUT2D eigenvalue weighted by Gasteiger charge is -2.09. The minimum Gasteiger partial charge on any atom is -0.451 e. The topological polar surface area (TPSA) is 128 Å². The van der Waals surface area contributed by atoms with Crippen LogP contribution in [0, 0.1) is 0 Å². The number of benzene rings is 1. The van der Waals surface area contributed by atoms with E-state index in [1.807, 2.05) is 0 Å². The minimum absolute atomic E-state index is 0.0882. The summed E-state index contributed by atoms with van der Waals surface area (Å²) in [5, 5.41) is 3.19. The minimum atomic E-state index is -1.60. The first-order valence-electron chi connectivity index (χ1n) is 5.47. The molecule has 0 aliphatic rings. The van der Waals surface area contributed by atoms with Crippen LogP contribution in [-0.4, -0.2) is 23.8 Å². The second-order valence-corrected chi connectivity index (χ2v) is 4.44. The van der Waals surface area contributed by atoms with Crippen LogP contribution in [0.1, 0.15) is 10.6 Å². The number of nitrogens with one attached hydrogen (secondary N) is 1. The highest BCUT2D eigenvalue weighted by atomic mass is 35.5. The zero-order valence-corrected chi connectivity index (χ0v) is 10.8. The van der Waals surface area contributed by atoms with Gasteiger partial charge >= 0.3 is 0 Å². The van der Waals surface area contributed by atoms with Crippen LogP contribution in [0.3, 0.4) is 0 Å². The smallest absolute Gasteiger partial charge is 0.288 e. The maximum Gasteiger partial charge on any atom is 0.288 e. The highest BCUT2D eigenvalue weighted by molar-refractivity contribution is 6.31. The third kappa shape index (κ3) is 2.72. The number of amides is 3. The number of primary amides is 2. The molecule has 0 radical (unpaired) electrons. The summed E-state index contributed by atoms with van der Waals surface area (Å²) in [5.74, 6) is -2.97. The number of rotatable bonds is 4. The predicted octanol–water partition coefficient (Wildman–Crippen LogP) is 0.155. The van der Waals surface area contributed by atoms with Gasteiger partial charge < -0.3 is 21.2 Å². The SMILES string of the molecule is NC(=O)C(NC(=O)c1cc2cc(Cl)ccc2o1)C(N)=O. The monoisotopic (exact) mass is 295 g/mol. The van der Waals surface area contributed by atoms with Crippen LogP contribution in [0.15, 0.2) is 28.7 Å². The molecule has 8 heteroatoms. The van der Waals surface area contributed by atoms with Crippen molar-refractivity contribution in [1.82, 2.24) is 5.32 Å². The van der Waals surface area contributed by atoms with Crippen molar-refractivity contribution in [3.8, 4) is 0 Å². The summed E-state index contributed by atoms with van der Waals surface area (Å²) in [6.45, 7) is 0. The fraction of sp³-hybridized carbons (Fsp3) is 0.0833. The van der Waals surface area contributed by atoms with Gasteiger partial charge in [-0.25, -0.2) is 0 Å². The van der Waals surface area contributed by atoms with Crippen LogP contribution < -0.4 is 16.8 Å². The van der Waals surface area contributed by atoms with E-state index >= 15 is 0 Å². The summed E-state index contributed by atoms with van der Waals surface area (Å²) in [6.07, 6.45) is 0. The third-order valence-corrected chi connectivity index (χ3v) is 2.78. The van der Waals surface area contributed by atoms with E-state index in [1.165, 1.54) is 6.07 Å². The number of halogens is 1. The molecule has 0 bridgehead atoms. The second-order valence-electron chi connectivity index (χ2n) is 4.00. The Labute approximate surface area is 117 Å². The van der Waals surface area contributed by atoms with Crippen LogP contribution in [0.2, 0.25) is 5.02 Å². The average Bonchev–Trinajstić information content (AvgIpc) is 2.77. The molecule has 0 fully saturated rings.